The summed E-state index contributed by atoms with van der Waals surface area (Å²) < 4.78 is 27.8. The van der Waals surface area contributed by atoms with E-state index in [0.29, 0.717) is 17.9 Å². The maximum atomic E-state index is 12.3. The van der Waals surface area contributed by atoms with Crippen molar-refractivity contribution < 1.29 is 17.9 Å². The lowest BCUT2D eigenvalue weighted by Crippen LogP contribution is -2.26. The molecular formula is C17H20N2O4S. The summed E-state index contributed by atoms with van der Waals surface area (Å²) in [6.07, 6.45) is 0. The van der Waals surface area contributed by atoms with Crippen molar-refractivity contribution in [3.05, 3.63) is 59.7 Å². The Bertz CT molecular complexity index is 799. The molecule has 0 heterocycles. The Morgan fingerprint density at radius 3 is 2.21 bits per heavy atom. The van der Waals surface area contributed by atoms with Crippen LogP contribution in [-0.2, 0) is 10.0 Å². The molecule has 2 aromatic carbocycles. The van der Waals surface area contributed by atoms with Gasteiger partial charge in [-0.3, -0.25) is 4.79 Å². The number of rotatable bonds is 6. The highest BCUT2D eigenvalue weighted by Crippen LogP contribution is 2.17. The van der Waals surface area contributed by atoms with Gasteiger partial charge in [-0.1, -0.05) is 12.1 Å². The Balaban J connectivity index is 2.05. The highest BCUT2D eigenvalue weighted by molar-refractivity contribution is 7.89. The van der Waals surface area contributed by atoms with Crippen LogP contribution in [0.25, 0.3) is 0 Å². The van der Waals surface area contributed by atoms with Gasteiger partial charge in [-0.05, 0) is 55.8 Å². The van der Waals surface area contributed by atoms with Gasteiger partial charge in [0, 0.05) is 5.56 Å². The molecule has 1 amide bonds. The highest BCUT2D eigenvalue weighted by atomic mass is 32.2. The summed E-state index contributed by atoms with van der Waals surface area (Å²) in [6, 6.07) is 12.7. The van der Waals surface area contributed by atoms with Crippen molar-refractivity contribution in [2.45, 2.75) is 24.8 Å². The molecule has 24 heavy (non-hydrogen) atoms. The van der Waals surface area contributed by atoms with Crippen LogP contribution in [0.2, 0.25) is 0 Å². The molecule has 1 atom stereocenters. The number of benzene rings is 2. The van der Waals surface area contributed by atoms with Gasteiger partial charge >= 0.3 is 0 Å². The first-order chi connectivity index (χ1) is 11.3. The fourth-order valence-corrected chi connectivity index (χ4v) is 2.69. The normalized spacial score (nSPS) is 12.5. The lowest BCUT2D eigenvalue weighted by Gasteiger charge is -2.15. The second kappa shape index (κ2) is 7.46. The van der Waals surface area contributed by atoms with E-state index >= 15 is 0 Å². The smallest absolute Gasteiger partial charge is 0.251 e. The molecule has 2 aromatic rings. The molecule has 0 aromatic heterocycles. The van der Waals surface area contributed by atoms with E-state index in [4.69, 9.17) is 9.88 Å². The van der Waals surface area contributed by atoms with E-state index in [0.717, 1.165) is 5.56 Å². The minimum absolute atomic E-state index is 0.0382. The molecule has 6 nitrogen and oxygen atoms in total. The second-order valence-electron chi connectivity index (χ2n) is 5.27. The minimum atomic E-state index is -3.72. The third-order valence-corrected chi connectivity index (χ3v) is 4.41. The van der Waals surface area contributed by atoms with Crippen molar-refractivity contribution >= 4 is 15.9 Å². The van der Waals surface area contributed by atoms with Crippen molar-refractivity contribution in [3.8, 4) is 5.75 Å². The van der Waals surface area contributed by atoms with Crippen LogP contribution in [0.5, 0.6) is 5.75 Å². The molecule has 0 aliphatic rings. The van der Waals surface area contributed by atoms with Crippen molar-refractivity contribution in [1.82, 2.24) is 5.32 Å². The van der Waals surface area contributed by atoms with Crippen molar-refractivity contribution in [2.75, 3.05) is 6.61 Å². The fourth-order valence-electron chi connectivity index (χ4n) is 2.18. The third-order valence-electron chi connectivity index (χ3n) is 3.48. The highest BCUT2D eigenvalue weighted by Gasteiger charge is 2.13. The van der Waals surface area contributed by atoms with Gasteiger partial charge in [0.05, 0.1) is 17.5 Å². The molecule has 0 fully saturated rings. The van der Waals surface area contributed by atoms with E-state index in [-0.39, 0.29) is 16.8 Å². The van der Waals surface area contributed by atoms with Crippen LogP contribution < -0.4 is 15.2 Å². The molecule has 3 N–H and O–H groups in total. The summed E-state index contributed by atoms with van der Waals surface area (Å²) in [5.74, 6) is 0.488. The first-order valence-corrected chi connectivity index (χ1v) is 9.02. The van der Waals surface area contributed by atoms with Crippen LogP contribution in [0.4, 0.5) is 0 Å². The molecule has 128 valence electrons. The number of nitrogens with two attached hydrogens (primary N) is 1. The number of hydrogen-bond donors (Lipinski definition) is 2. The fraction of sp³-hybridized carbons (Fsp3) is 0.235. The molecule has 2 rings (SSSR count). The maximum absolute atomic E-state index is 12.3. The number of hydrogen-bond acceptors (Lipinski definition) is 4. The minimum Gasteiger partial charge on any atom is -0.494 e. The van der Waals surface area contributed by atoms with E-state index in [1.165, 1.54) is 12.1 Å². The maximum Gasteiger partial charge on any atom is 0.251 e. The molecule has 0 radical (unpaired) electrons. The molecule has 0 aliphatic heterocycles. The van der Waals surface area contributed by atoms with Gasteiger partial charge in [-0.25, -0.2) is 13.6 Å². The van der Waals surface area contributed by atoms with E-state index in [1.54, 1.807) is 36.4 Å². The predicted octanol–water partition coefficient (Wildman–Crippen LogP) is 2.22. The van der Waals surface area contributed by atoms with Gasteiger partial charge < -0.3 is 10.1 Å². The standard InChI is InChI=1S/C17H20N2O4S/c1-3-23-15-8-4-14(5-9-15)17(20)19-12(2)13-6-10-16(11-7-13)24(18,21)22/h4-12H,3H2,1-2H3,(H,19,20)(H2,18,21,22). The van der Waals surface area contributed by atoms with E-state index in [1.807, 2.05) is 13.8 Å². The zero-order chi connectivity index (χ0) is 17.7. The van der Waals surface area contributed by atoms with Crippen LogP contribution in [0.15, 0.2) is 53.4 Å². The number of sulfonamides is 1. The summed E-state index contributed by atoms with van der Waals surface area (Å²) >= 11 is 0. The monoisotopic (exact) mass is 348 g/mol. The molecule has 0 aliphatic carbocycles. The lowest BCUT2D eigenvalue weighted by molar-refractivity contribution is 0.0940. The number of primary sulfonamides is 1. The first kappa shape index (κ1) is 18.0. The first-order valence-electron chi connectivity index (χ1n) is 7.47. The van der Waals surface area contributed by atoms with Gasteiger partial charge in [0.25, 0.3) is 5.91 Å². The lowest BCUT2D eigenvalue weighted by atomic mass is 10.1. The Morgan fingerprint density at radius 1 is 1.12 bits per heavy atom. The van der Waals surface area contributed by atoms with Crippen LogP contribution in [0.1, 0.15) is 35.8 Å². The summed E-state index contributed by atoms with van der Waals surface area (Å²) in [6.45, 7) is 4.28. The Labute approximate surface area is 141 Å². The molecule has 0 spiro atoms. The topological polar surface area (TPSA) is 98.5 Å². The van der Waals surface area contributed by atoms with Gasteiger partial charge in [0.15, 0.2) is 0 Å². The molecule has 7 heteroatoms. The zero-order valence-electron chi connectivity index (χ0n) is 13.5. The van der Waals surface area contributed by atoms with Gasteiger partial charge in [-0.15, -0.1) is 0 Å². The van der Waals surface area contributed by atoms with Crippen LogP contribution in [0, 0.1) is 0 Å². The second-order valence-corrected chi connectivity index (χ2v) is 6.83. The Morgan fingerprint density at radius 2 is 1.71 bits per heavy atom. The third kappa shape index (κ3) is 4.56. The number of carbonyl (C=O) groups is 1. The van der Waals surface area contributed by atoms with E-state index in [9.17, 15) is 13.2 Å². The zero-order valence-corrected chi connectivity index (χ0v) is 14.3. The van der Waals surface area contributed by atoms with Crippen LogP contribution in [0.3, 0.4) is 0 Å². The summed E-state index contributed by atoms with van der Waals surface area (Å²) in [5.41, 5.74) is 1.30. The Kier molecular flexibility index (Phi) is 5.58. The molecule has 0 bridgehead atoms. The van der Waals surface area contributed by atoms with E-state index < -0.39 is 10.0 Å². The van der Waals surface area contributed by atoms with Gasteiger partial charge in [0.2, 0.25) is 10.0 Å². The van der Waals surface area contributed by atoms with Crippen LogP contribution >= 0.6 is 0 Å². The largest absolute Gasteiger partial charge is 0.494 e. The Hall–Kier alpha value is -2.38. The molecule has 0 saturated carbocycles. The predicted molar refractivity (Wildman–Crippen MR) is 91.3 cm³/mol. The van der Waals surface area contributed by atoms with Gasteiger partial charge in [0.1, 0.15) is 5.75 Å². The summed E-state index contributed by atoms with van der Waals surface area (Å²) in [7, 11) is -3.72. The number of carbonyl (C=O) groups excluding carboxylic acids is 1. The van der Waals surface area contributed by atoms with Crippen molar-refractivity contribution in [2.24, 2.45) is 5.14 Å². The number of nitrogens with one attached hydrogen (secondary N) is 1. The molecule has 1 unspecified atom stereocenters. The molecule has 0 saturated heterocycles. The SMILES string of the molecule is CCOc1ccc(C(=O)NC(C)c2ccc(S(N)(=O)=O)cc2)cc1. The summed E-state index contributed by atoms with van der Waals surface area (Å²) in [4.78, 5) is 12.3. The van der Waals surface area contributed by atoms with Crippen molar-refractivity contribution in [3.63, 3.8) is 0 Å². The quantitative estimate of drug-likeness (QED) is 0.836. The number of ether oxygens (including phenoxy) is 1. The van der Waals surface area contributed by atoms with Crippen LogP contribution in [-0.4, -0.2) is 20.9 Å². The molecular weight excluding hydrogens is 328 g/mol. The van der Waals surface area contributed by atoms with Crippen molar-refractivity contribution in [1.29, 1.82) is 0 Å². The number of amides is 1. The van der Waals surface area contributed by atoms with E-state index in [2.05, 4.69) is 5.32 Å². The average molecular weight is 348 g/mol. The summed E-state index contributed by atoms with van der Waals surface area (Å²) in [5, 5.41) is 7.93. The van der Waals surface area contributed by atoms with Gasteiger partial charge in [-0.2, -0.15) is 0 Å². The average Bonchev–Trinajstić information content (AvgIpc) is 2.55.